The van der Waals surface area contributed by atoms with Gasteiger partial charge in [-0.1, -0.05) is 24.3 Å². The van der Waals surface area contributed by atoms with Crippen molar-refractivity contribution in [1.29, 1.82) is 0 Å². The van der Waals surface area contributed by atoms with Crippen molar-refractivity contribution in [3.63, 3.8) is 0 Å². The predicted octanol–water partition coefficient (Wildman–Crippen LogP) is 4.92. The number of hydrogen-bond acceptors (Lipinski definition) is 6. The van der Waals surface area contributed by atoms with E-state index in [-0.39, 0.29) is 23.6 Å². The zero-order valence-corrected chi connectivity index (χ0v) is 19.1. The minimum Gasteiger partial charge on any atom is -0.483 e. The molecular weight excluding hydrogens is 453 g/mol. The summed E-state index contributed by atoms with van der Waals surface area (Å²) >= 11 is 0. The lowest BCUT2D eigenvalue weighted by molar-refractivity contribution is -0.118. The van der Waals surface area contributed by atoms with Crippen LogP contribution in [0.3, 0.4) is 0 Å². The van der Waals surface area contributed by atoms with E-state index in [1.165, 1.54) is 36.4 Å². The number of halogens is 1. The number of nitrogens with one attached hydrogen (secondary N) is 1. The minimum absolute atomic E-state index is 0.0267. The summed E-state index contributed by atoms with van der Waals surface area (Å²) in [4.78, 5) is 37.0. The van der Waals surface area contributed by atoms with E-state index in [9.17, 15) is 18.8 Å². The number of hydrogen-bond donors (Lipinski definition) is 1. The number of ether oxygens (including phenoxy) is 2. The Hall–Kier alpha value is -4.46. The molecule has 8 heteroatoms. The Morgan fingerprint density at radius 1 is 0.971 bits per heavy atom. The van der Waals surface area contributed by atoms with Crippen molar-refractivity contribution in [3.8, 4) is 5.75 Å². The third-order valence-corrected chi connectivity index (χ3v) is 5.42. The van der Waals surface area contributed by atoms with E-state index < -0.39 is 29.9 Å². The molecule has 0 aliphatic heterocycles. The second kappa shape index (κ2) is 10.2. The molecule has 0 spiro atoms. The molecule has 0 unspecified atom stereocenters. The molecule has 4 rings (SSSR count). The molecule has 0 atom stereocenters. The summed E-state index contributed by atoms with van der Waals surface area (Å²) in [6.07, 6.45) is 0. The Morgan fingerprint density at radius 3 is 2.49 bits per heavy atom. The van der Waals surface area contributed by atoms with E-state index in [4.69, 9.17) is 13.9 Å². The van der Waals surface area contributed by atoms with Gasteiger partial charge in [-0.25, -0.2) is 14.0 Å². The van der Waals surface area contributed by atoms with E-state index in [0.29, 0.717) is 16.5 Å². The predicted molar refractivity (Wildman–Crippen MR) is 128 cm³/mol. The van der Waals surface area contributed by atoms with Gasteiger partial charge in [-0.2, -0.15) is 0 Å². The molecule has 0 fully saturated rings. The molecule has 3 aromatic carbocycles. The molecule has 0 radical (unpaired) electrons. The van der Waals surface area contributed by atoms with E-state index in [1.54, 1.807) is 24.3 Å². The topological polar surface area (TPSA) is 94.8 Å². The van der Waals surface area contributed by atoms with Crippen LogP contribution in [0.2, 0.25) is 0 Å². The number of esters is 1. The highest BCUT2D eigenvalue weighted by atomic mass is 19.1. The monoisotopic (exact) mass is 475 g/mol. The van der Waals surface area contributed by atoms with Gasteiger partial charge in [0.2, 0.25) is 0 Å². The molecule has 35 heavy (non-hydrogen) atoms. The van der Waals surface area contributed by atoms with Crippen LogP contribution in [0.25, 0.3) is 11.0 Å². The molecule has 0 saturated heterocycles. The average Bonchev–Trinajstić information content (AvgIpc) is 2.84. The van der Waals surface area contributed by atoms with E-state index in [0.717, 1.165) is 11.1 Å². The zero-order chi connectivity index (χ0) is 24.9. The second-order valence-electron chi connectivity index (χ2n) is 7.91. The lowest BCUT2D eigenvalue weighted by Crippen LogP contribution is -2.21. The van der Waals surface area contributed by atoms with Gasteiger partial charge in [0, 0.05) is 17.0 Å². The van der Waals surface area contributed by atoms with Gasteiger partial charge in [0.15, 0.2) is 6.61 Å². The number of fused-ring (bicyclic) bond motifs is 1. The van der Waals surface area contributed by atoms with Crippen LogP contribution in [0.15, 0.2) is 75.9 Å². The summed E-state index contributed by atoms with van der Waals surface area (Å²) in [6, 6.07) is 17.0. The Bertz CT molecular complexity index is 1480. The number of carbonyl (C=O) groups is 2. The number of benzene rings is 3. The minimum atomic E-state index is -0.694. The van der Waals surface area contributed by atoms with E-state index in [2.05, 4.69) is 5.32 Å². The van der Waals surface area contributed by atoms with Crippen LogP contribution in [-0.2, 0) is 16.1 Å². The molecule has 0 saturated carbocycles. The van der Waals surface area contributed by atoms with Crippen LogP contribution >= 0.6 is 0 Å². The highest BCUT2D eigenvalue weighted by Gasteiger charge is 2.17. The molecule has 178 valence electrons. The molecule has 7 nitrogen and oxygen atoms in total. The summed E-state index contributed by atoms with van der Waals surface area (Å²) in [5.74, 6) is -1.73. The third kappa shape index (κ3) is 5.55. The van der Waals surface area contributed by atoms with Gasteiger partial charge in [-0.05, 0) is 61.4 Å². The van der Waals surface area contributed by atoms with Gasteiger partial charge in [0.1, 0.15) is 29.3 Å². The first-order valence-electron chi connectivity index (χ1n) is 10.8. The van der Waals surface area contributed by atoms with Crippen LogP contribution in [0, 0.1) is 19.7 Å². The first-order chi connectivity index (χ1) is 16.8. The fourth-order valence-electron chi connectivity index (χ4n) is 3.48. The van der Waals surface area contributed by atoms with Crippen LogP contribution in [0.1, 0.15) is 27.0 Å². The third-order valence-electron chi connectivity index (χ3n) is 5.42. The molecule has 1 heterocycles. The molecule has 0 aliphatic carbocycles. The number of anilines is 1. The number of carbonyl (C=O) groups excluding carboxylic acids is 2. The molecule has 1 N–H and O–H groups in total. The van der Waals surface area contributed by atoms with Gasteiger partial charge in [0.25, 0.3) is 5.91 Å². The Balaban J connectivity index is 1.46. The summed E-state index contributed by atoms with van der Waals surface area (Å²) in [5, 5.41) is 3.09. The first kappa shape index (κ1) is 23.7. The fourth-order valence-corrected chi connectivity index (χ4v) is 3.48. The Morgan fingerprint density at radius 2 is 1.69 bits per heavy atom. The summed E-state index contributed by atoms with van der Waals surface area (Å²) < 4.78 is 30.0. The molecule has 0 aliphatic rings. The maximum absolute atomic E-state index is 13.7. The number of amides is 1. The van der Waals surface area contributed by atoms with E-state index >= 15 is 0 Å². The standard InChI is InChI=1S/C27H22FNO6/c1-16-11-20-18(13-26(31)35-24(20)12-17(16)2)14-34-27(32)19-7-3-6-10-23(19)33-15-25(30)29-22-9-5-4-8-21(22)28/h3-13H,14-15H2,1-2H3,(H,29,30). The molecule has 1 aromatic heterocycles. The maximum atomic E-state index is 13.7. The second-order valence-corrected chi connectivity index (χ2v) is 7.91. The van der Waals surface area contributed by atoms with Crippen molar-refractivity contribution in [1.82, 2.24) is 0 Å². The van der Waals surface area contributed by atoms with Crippen molar-refractivity contribution >= 4 is 28.5 Å². The van der Waals surface area contributed by atoms with Crippen molar-refractivity contribution in [2.45, 2.75) is 20.5 Å². The lowest BCUT2D eigenvalue weighted by atomic mass is 10.0. The normalized spacial score (nSPS) is 10.7. The average molecular weight is 475 g/mol. The van der Waals surface area contributed by atoms with E-state index in [1.807, 2.05) is 19.9 Å². The summed E-state index contributed by atoms with van der Waals surface area (Å²) in [6.45, 7) is 3.24. The SMILES string of the molecule is Cc1cc2oc(=O)cc(COC(=O)c3ccccc3OCC(=O)Nc3ccccc3F)c2cc1C. The molecule has 0 bridgehead atoms. The molecule has 1 amide bonds. The van der Waals surface area contributed by atoms with Crippen molar-refractivity contribution in [2.75, 3.05) is 11.9 Å². The van der Waals surface area contributed by atoms with Crippen LogP contribution < -0.4 is 15.7 Å². The molecular formula is C27H22FNO6. The van der Waals surface area contributed by atoms with Gasteiger partial charge < -0.3 is 19.2 Å². The fraction of sp³-hybridized carbons (Fsp3) is 0.148. The van der Waals surface area contributed by atoms with Crippen molar-refractivity contribution < 1.29 is 27.9 Å². The van der Waals surface area contributed by atoms with Crippen molar-refractivity contribution in [3.05, 3.63) is 105 Å². The lowest BCUT2D eigenvalue weighted by Gasteiger charge is -2.12. The maximum Gasteiger partial charge on any atom is 0.342 e. The van der Waals surface area contributed by atoms with Gasteiger partial charge in [0.05, 0.1) is 5.69 Å². The van der Waals surface area contributed by atoms with Gasteiger partial charge in [-0.3, -0.25) is 4.79 Å². The van der Waals surface area contributed by atoms with Crippen LogP contribution in [0.4, 0.5) is 10.1 Å². The summed E-state index contributed by atoms with van der Waals surface area (Å²) in [5.41, 5.74) is 2.48. The largest absolute Gasteiger partial charge is 0.483 e. The number of aryl methyl sites for hydroxylation is 2. The Labute approximate surface area is 200 Å². The van der Waals surface area contributed by atoms with Crippen LogP contribution in [-0.4, -0.2) is 18.5 Å². The summed E-state index contributed by atoms with van der Waals surface area (Å²) in [7, 11) is 0. The van der Waals surface area contributed by atoms with Crippen molar-refractivity contribution in [2.24, 2.45) is 0 Å². The number of rotatable bonds is 7. The highest BCUT2D eigenvalue weighted by molar-refractivity contribution is 5.94. The first-order valence-corrected chi connectivity index (χ1v) is 10.8. The quantitative estimate of drug-likeness (QED) is 0.301. The van der Waals surface area contributed by atoms with Gasteiger partial charge in [-0.15, -0.1) is 0 Å². The smallest absolute Gasteiger partial charge is 0.342 e. The Kier molecular flexibility index (Phi) is 6.91. The van der Waals surface area contributed by atoms with Gasteiger partial charge >= 0.3 is 11.6 Å². The zero-order valence-electron chi connectivity index (χ0n) is 19.1. The highest BCUT2D eigenvalue weighted by Crippen LogP contribution is 2.24. The van der Waals surface area contributed by atoms with Crippen LogP contribution in [0.5, 0.6) is 5.75 Å². The molecule has 4 aromatic rings. The number of para-hydroxylation sites is 2.